The largest absolute Gasteiger partial charge is 0.379 e. The molecule has 0 aromatic rings. The van der Waals surface area contributed by atoms with Gasteiger partial charge in [0, 0.05) is 18.9 Å². The van der Waals surface area contributed by atoms with Gasteiger partial charge in [-0.1, -0.05) is 13.8 Å². The lowest BCUT2D eigenvalue weighted by molar-refractivity contribution is -0.387. The molecule has 0 spiro atoms. The number of fused-ring (bicyclic) bond motifs is 6. The molecule has 0 saturated carbocycles. The van der Waals surface area contributed by atoms with Crippen molar-refractivity contribution in [3.05, 3.63) is 0 Å². The highest BCUT2D eigenvalue weighted by molar-refractivity contribution is 5.85. The first kappa shape index (κ1) is 12.5. The Kier molecular flexibility index (Phi) is 2.60. The number of carbonyl (C=O) groups excluding carboxylic acids is 1. The molecule has 0 aromatic carbocycles. The molecule has 3 saturated heterocycles. The van der Waals surface area contributed by atoms with Crippen LogP contribution in [-0.2, 0) is 28.8 Å². The zero-order valence-corrected chi connectivity index (χ0v) is 11.0. The van der Waals surface area contributed by atoms with Crippen LogP contribution in [0.3, 0.4) is 0 Å². The summed E-state index contributed by atoms with van der Waals surface area (Å²) < 4.78 is 17.1. The highest BCUT2D eigenvalue weighted by Gasteiger charge is 2.71. The lowest BCUT2D eigenvalue weighted by Crippen LogP contribution is -2.71. The SMILES string of the molecule is COC[C@]12OO[C@H](O1)[C@@H]1O[C@@]2(C)[C@H](C)C(=O)[C@@H]1C. The van der Waals surface area contributed by atoms with Crippen LogP contribution in [0.15, 0.2) is 0 Å². The van der Waals surface area contributed by atoms with Gasteiger partial charge in [0.2, 0.25) is 6.29 Å². The molecular weight excluding hydrogens is 240 g/mol. The van der Waals surface area contributed by atoms with Gasteiger partial charge in [0.15, 0.2) is 0 Å². The maximum absolute atomic E-state index is 12.3. The second-order valence-electron chi connectivity index (χ2n) is 5.45. The molecule has 4 bridgehead atoms. The van der Waals surface area contributed by atoms with Crippen molar-refractivity contribution in [1.29, 1.82) is 0 Å². The molecule has 0 N–H and O–H groups in total. The van der Waals surface area contributed by atoms with E-state index in [9.17, 15) is 4.79 Å². The van der Waals surface area contributed by atoms with Crippen molar-refractivity contribution in [2.24, 2.45) is 11.8 Å². The summed E-state index contributed by atoms with van der Waals surface area (Å²) >= 11 is 0. The maximum atomic E-state index is 12.3. The Balaban J connectivity index is 2.05. The van der Waals surface area contributed by atoms with Gasteiger partial charge in [-0.2, -0.15) is 9.78 Å². The van der Waals surface area contributed by atoms with Gasteiger partial charge in [-0.3, -0.25) is 4.79 Å². The van der Waals surface area contributed by atoms with Crippen molar-refractivity contribution in [3.63, 3.8) is 0 Å². The number of hydrogen-bond acceptors (Lipinski definition) is 6. The summed E-state index contributed by atoms with van der Waals surface area (Å²) in [4.78, 5) is 22.9. The van der Waals surface area contributed by atoms with E-state index in [2.05, 4.69) is 0 Å². The van der Waals surface area contributed by atoms with Gasteiger partial charge in [-0.05, 0) is 6.92 Å². The van der Waals surface area contributed by atoms with E-state index < -0.39 is 23.8 Å². The third-order valence-corrected chi connectivity index (χ3v) is 4.52. The number of carbonyl (C=O) groups is 1. The summed E-state index contributed by atoms with van der Waals surface area (Å²) in [5, 5.41) is 0. The summed E-state index contributed by atoms with van der Waals surface area (Å²) in [6.07, 6.45) is -1.09. The van der Waals surface area contributed by atoms with E-state index in [0.29, 0.717) is 0 Å². The summed E-state index contributed by atoms with van der Waals surface area (Å²) in [6, 6.07) is 0. The standard InChI is InChI=1S/C12H18O6/c1-6-8(13)7(2)11(3)12(5-14-4)16-10(17-18-12)9(6)15-11/h6-7,9-10H,5H2,1-4H3/t6-,7+,9+,10-,11-,12+/m0/s1. The molecule has 3 fully saturated rings. The molecule has 0 aromatic heterocycles. The number of ketones is 1. The van der Waals surface area contributed by atoms with E-state index in [1.165, 1.54) is 0 Å². The fourth-order valence-electron chi connectivity index (χ4n) is 3.09. The van der Waals surface area contributed by atoms with Crippen LogP contribution in [0.4, 0.5) is 0 Å². The fourth-order valence-corrected chi connectivity index (χ4v) is 3.09. The molecule has 6 nitrogen and oxygen atoms in total. The van der Waals surface area contributed by atoms with E-state index in [-0.39, 0.29) is 24.2 Å². The highest BCUT2D eigenvalue weighted by Crippen LogP contribution is 2.53. The minimum atomic E-state index is -1.17. The second kappa shape index (κ2) is 3.74. The van der Waals surface area contributed by atoms with Crippen LogP contribution in [0, 0.1) is 11.8 Å². The Labute approximate surface area is 105 Å². The van der Waals surface area contributed by atoms with E-state index >= 15 is 0 Å². The lowest BCUT2D eigenvalue weighted by Gasteiger charge is -2.54. The molecule has 6 heteroatoms. The normalized spacial score (nSPS) is 54.8. The fraction of sp³-hybridized carbons (Fsp3) is 0.917. The van der Waals surface area contributed by atoms with Gasteiger partial charge in [0.25, 0.3) is 5.79 Å². The van der Waals surface area contributed by atoms with Crippen molar-refractivity contribution in [3.8, 4) is 0 Å². The van der Waals surface area contributed by atoms with Crippen molar-refractivity contribution in [2.75, 3.05) is 13.7 Å². The van der Waals surface area contributed by atoms with E-state index in [1.54, 1.807) is 7.11 Å². The van der Waals surface area contributed by atoms with Crippen LogP contribution in [-0.4, -0.2) is 43.3 Å². The molecule has 102 valence electrons. The van der Waals surface area contributed by atoms with Crippen LogP contribution in [0.25, 0.3) is 0 Å². The third-order valence-electron chi connectivity index (χ3n) is 4.52. The average molecular weight is 258 g/mol. The monoisotopic (exact) mass is 258 g/mol. The number of methoxy groups -OCH3 is 1. The zero-order chi connectivity index (χ0) is 13.1. The Bertz CT molecular complexity index is 385. The summed E-state index contributed by atoms with van der Waals surface area (Å²) in [5.41, 5.74) is -0.899. The highest BCUT2D eigenvalue weighted by atomic mass is 17.3. The van der Waals surface area contributed by atoms with Gasteiger partial charge in [0.05, 0.1) is 0 Å². The minimum Gasteiger partial charge on any atom is -0.379 e. The van der Waals surface area contributed by atoms with Crippen LogP contribution in [0.5, 0.6) is 0 Å². The molecule has 3 aliphatic rings. The van der Waals surface area contributed by atoms with Gasteiger partial charge in [-0.25, -0.2) is 0 Å². The van der Waals surface area contributed by atoms with Crippen LogP contribution < -0.4 is 0 Å². The smallest absolute Gasteiger partial charge is 0.257 e. The van der Waals surface area contributed by atoms with Crippen LogP contribution in [0.2, 0.25) is 0 Å². The minimum absolute atomic E-state index is 0.150. The molecule has 6 atom stereocenters. The van der Waals surface area contributed by atoms with Crippen molar-refractivity contribution in [2.45, 2.75) is 44.6 Å². The third kappa shape index (κ3) is 1.27. The first-order valence-corrected chi connectivity index (χ1v) is 6.18. The maximum Gasteiger partial charge on any atom is 0.257 e. The molecule has 3 rings (SSSR count). The van der Waals surface area contributed by atoms with Crippen molar-refractivity contribution in [1.82, 2.24) is 0 Å². The predicted molar refractivity (Wildman–Crippen MR) is 58.3 cm³/mol. The second-order valence-corrected chi connectivity index (χ2v) is 5.45. The van der Waals surface area contributed by atoms with Gasteiger partial charge in [-0.15, -0.1) is 0 Å². The number of Topliss-reactive ketones (excluding diaryl/α,β-unsaturated/α-hetero) is 1. The topological polar surface area (TPSA) is 63.2 Å². The van der Waals surface area contributed by atoms with E-state index in [0.717, 1.165) is 0 Å². The molecule has 3 aliphatic heterocycles. The van der Waals surface area contributed by atoms with Gasteiger partial charge >= 0.3 is 0 Å². The Hall–Kier alpha value is -0.530. The number of hydrogen-bond donors (Lipinski definition) is 0. The lowest BCUT2D eigenvalue weighted by atomic mass is 9.71. The molecule has 0 amide bonds. The Morgan fingerprint density at radius 3 is 2.72 bits per heavy atom. The molecular formula is C12H18O6. The molecule has 0 aliphatic carbocycles. The molecule has 3 heterocycles. The van der Waals surface area contributed by atoms with Crippen molar-refractivity contribution < 1.29 is 28.8 Å². The van der Waals surface area contributed by atoms with Gasteiger partial charge in [0.1, 0.15) is 24.1 Å². The summed E-state index contributed by atoms with van der Waals surface area (Å²) in [7, 11) is 1.54. The Morgan fingerprint density at radius 2 is 2.06 bits per heavy atom. The number of ether oxygens (including phenoxy) is 3. The first-order valence-electron chi connectivity index (χ1n) is 6.18. The van der Waals surface area contributed by atoms with Crippen molar-refractivity contribution >= 4 is 5.78 Å². The Morgan fingerprint density at radius 1 is 1.33 bits per heavy atom. The zero-order valence-electron chi connectivity index (χ0n) is 11.0. The van der Waals surface area contributed by atoms with E-state index in [1.807, 2.05) is 20.8 Å². The van der Waals surface area contributed by atoms with E-state index in [4.69, 9.17) is 24.0 Å². The van der Waals surface area contributed by atoms with Gasteiger partial charge < -0.3 is 14.2 Å². The number of rotatable bonds is 2. The summed E-state index contributed by atoms with van der Waals surface area (Å²) in [6.45, 7) is 5.63. The first-order chi connectivity index (χ1) is 8.45. The molecule has 18 heavy (non-hydrogen) atoms. The van der Waals surface area contributed by atoms with Crippen LogP contribution in [0.1, 0.15) is 20.8 Å². The average Bonchev–Trinajstić information content (AvgIpc) is 2.73. The quantitative estimate of drug-likeness (QED) is 0.677. The molecule has 0 radical (unpaired) electrons. The van der Waals surface area contributed by atoms with Crippen LogP contribution >= 0.6 is 0 Å². The predicted octanol–water partition coefficient (Wildman–Crippen LogP) is 0.646. The molecule has 0 unspecified atom stereocenters. The summed E-state index contributed by atoms with van der Waals surface area (Å²) in [5.74, 6) is -1.63.